The second kappa shape index (κ2) is 5.10. The number of nitro groups is 1. The van der Waals surface area contributed by atoms with Gasteiger partial charge in [-0.15, -0.1) is 0 Å². The zero-order valence-electron chi connectivity index (χ0n) is 9.90. The second-order valence-electron chi connectivity index (χ2n) is 3.67. The van der Waals surface area contributed by atoms with Crippen LogP contribution in [-0.2, 0) is 0 Å². The molecule has 0 unspecified atom stereocenters. The molecule has 1 aromatic heterocycles. The Hall–Kier alpha value is -3.01. The first kappa shape index (κ1) is 12.4. The highest BCUT2D eigenvalue weighted by molar-refractivity contribution is 5.49. The summed E-state index contributed by atoms with van der Waals surface area (Å²) in [5.74, 6) is 0.0417. The lowest BCUT2D eigenvalue weighted by Crippen LogP contribution is -1.97. The van der Waals surface area contributed by atoms with Gasteiger partial charge < -0.3 is 4.74 Å². The molecule has 7 heteroatoms. The van der Waals surface area contributed by atoms with Crippen molar-refractivity contribution in [2.45, 2.75) is 6.92 Å². The van der Waals surface area contributed by atoms with Gasteiger partial charge in [0.25, 0.3) is 0 Å². The fraction of sp³-hybridized carbons (Fsp3) is 0.0833. The molecule has 0 N–H and O–H groups in total. The van der Waals surface area contributed by atoms with Crippen molar-refractivity contribution < 1.29 is 9.66 Å². The molecule has 0 aliphatic rings. The zero-order valence-corrected chi connectivity index (χ0v) is 9.90. The highest BCUT2D eigenvalue weighted by Crippen LogP contribution is 2.30. The number of hydrogen-bond acceptors (Lipinski definition) is 6. The minimum absolute atomic E-state index is 0.0417. The predicted molar refractivity (Wildman–Crippen MR) is 64.7 cm³/mol. The highest BCUT2D eigenvalue weighted by atomic mass is 16.6. The van der Waals surface area contributed by atoms with E-state index < -0.39 is 4.92 Å². The summed E-state index contributed by atoms with van der Waals surface area (Å²) < 4.78 is 5.28. The van der Waals surface area contributed by atoms with E-state index in [1.54, 1.807) is 13.0 Å². The van der Waals surface area contributed by atoms with E-state index >= 15 is 0 Å². The summed E-state index contributed by atoms with van der Waals surface area (Å²) in [5, 5.41) is 19.6. The van der Waals surface area contributed by atoms with Crippen molar-refractivity contribution in [1.82, 2.24) is 9.97 Å². The van der Waals surface area contributed by atoms with Crippen LogP contribution in [0.5, 0.6) is 11.8 Å². The van der Waals surface area contributed by atoms with Crippen molar-refractivity contribution in [3.05, 3.63) is 51.8 Å². The average molecular weight is 256 g/mol. The molecule has 7 nitrogen and oxygen atoms in total. The van der Waals surface area contributed by atoms with Crippen LogP contribution in [0.4, 0.5) is 5.69 Å². The molecule has 0 radical (unpaired) electrons. The smallest absolute Gasteiger partial charge is 0.323 e. The van der Waals surface area contributed by atoms with Gasteiger partial charge in [0.2, 0.25) is 5.75 Å². The lowest BCUT2D eigenvalue weighted by atomic mass is 10.2. The van der Waals surface area contributed by atoms with Crippen molar-refractivity contribution in [1.29, 1.82) is 5.26 Å². The molecule has 0 saturated heterocycles. The fourth-order valence-corrected chi connectivity index (χ4v) is 1.40. The summed E-state index contributed by atoms with van der Waals surface area (Å²) in [5.41, 5.74) is 0.744. The van der Waals surface area contributed by atoms with E-state index in [9.17, 15) is 10.1 Å². The van der Waals surface area contributed by atoms with E-state index in [1.807, 2.05) is 6.07 Å². The standard InChI is InChI=1S/C12H8N4O3/c1-8-2-3-10(16(17)18)11(6-8)19-12-14-5-4-9(7-13)15-12/h2-6H,1H3. The van der Waals surface area contributed by atoms with Crippen molar-refractivity contribution in [3.8, 4) is 17.8 Å². The molecule has 0 fully saturated rings. The largest absolute Gasteiger partial charge is 0.417 e. The van der Waals surface area contributed by atoms with Crippen LogP contribution in [0.3, 0.4) is 0 Å². The number of ether oxygens (including phenoxy) is 1. The maximum absolute atomic E-state index is 10.9. The SMILES string of the molecule is Cc1ccc([N+](=O)[O-])c(Oc2nccc(C#N)n2)c1. The van der Waals surface area contributed by atoms with E-state index in [1.165, 1.54) is 24.4 Å². The van der Waals surface area contributed by atoms with Gasteiger partial charge in [-0.3, -0.25) is 10.1 Å². The molecule has 2 aromatic rings. The average Bonchev–Trinajstić information content (AvgIpc) is 2.38. The molecular weight excluding hydrogens is 248 g/mol. The number of benzene rings is 1. The Kier molecular flexibility index (Phi) is 3.34. The molecule has 0 atom stereocenters. The third-order valence-corrected chi connectivity index (χ3v) is 2.26. The Morgan fingerprint density at radius 2 is 2.21 bits per heavy atom. The van der Waals surface area contributed by atoms with Crippen LogP contribution >= 0.6 is 0 Å². The minimum Gasteiger partial charge on any atom is -0.417 e. The van der Waals surface area contributed by atoms with Gasteiger partial charge in [0.1, 0.15) is 11.8 Å². The van der Waals surface area contributed by atoms with E-state index in [4.69, 9.17) is 10.00 Å². The summed E-state index contributed by atoms with van der Waals surface area (Å²) >= 11 is 0. The second-order valence-corrected chi connectivity index (χ2v) is 3.67. The number of rotatable bonds is 3. The van der Waals surface area contributed by atoms with Crippen molar-refractivity contribution in [2.24, 2.45) is 0 Å². The number of hydrogen-bond donors (Lipinski definition) is 0. The van der Waals surface area contributed by atoms with Crippen LogP contribution in [-0.4, -0.2) is 14.9 Å². The summed E-state index contributed by atoms with van der Waals surface area (Å²) in [6.45, 7) is 1.78. The Balaban J connectivity index is 2.40. The lowest BCUT2D eigenvalue weighted by molar-refractivity contribution is -0.385. The maximum Gasteiger partial charge on any atom is 0.323 e. The van der Waals surface area contributed by atoms with Crippen LogP contribution in [0, 0.1) is 28.4 Å². The van der Waals surface area contributed by atoms with E-state index in [0.29, 0.717) is 0 Å². The number of nitro benzene ring substituents is 1. The van der Waals surface area contributed by atoms with Gasteiger partial charge in [-0.1, -0.05) is 6.07 Å². The molecule has 0 aliphatic heterocycles. The van der Waals surface area contributed by atoms with Crippen LogP contribution in [0.1, 0.15) is 11.3 Å². The summed E-state index contributed by atoms with van der Waals surface area (Å²) in [4.78, 5) is 17.9. The van der Waals surface area contributed by atoms with Gasteiger partial charge in [-0.05, 0) is 24.6 Å². The molecule has 2 rings (SSSR count). The maximum atomic E-state index is 10.9. The van der Waals surface area contributed by atoms with Crippen molar-refractivity contribution in [3.63, 3.8) is 0 Å². The van der Waals surface area contributed by atoms with Crippen molar-refractivity contribution >= 4 is 5.69 Å². The summed E-state index contributed by atoms with van der Waals surface area (Å²) in [6, 6.07) is 7.62. The van der Waals surface area contributed by atoms with Crippen LogP contribution in [0.25, 0.3) is 0 Å². The zero-order chi connectivity index (χ0) is 13.8. The van der Waals surface area contributed by atoms with Gasteiger partial charge in [0, 0.05) is 12.3 Å². The first-order valence-corrected chi connectivity index (χ1v) is 5.26. The molecule has 1 heterocycles. The van der Waals surface area contributed by atoms with Crippen LogP contribution < -0.4 is 4.74 Å². The first-order valence-electron chi connectivity index (χ1n) is 5.26. The van der Waals surface area contributed by atoms with E-state index in [0.717, 1.165) is 5.56 Å². The Bertz CT molecular complexity index is 679. The number of nitriles is 1. The quantitative estimate of drug-likeness (QED) is 0.617. The molecule has 0 saturated carbocycles. The molecule has 0 spiro atoms. The molecule has 0 aliphatic carbocycles. The molecule has 0 amide bonds. The fourth-order valence-electron chi connectivity index (χ4n) is 1.40. The Morgan fingerprint density at radius 3 is 2.89 bits per heavy atom. The molecule has 94 valence electrons. The number of nitrogens with zero attached hydrogens (tertiary/aromatic N) is 4. The van der Waals surface area contributed by atoms with Gasteiger partial charge in [-0.2, -0.15) is 10.2 Å². The Morgan fingerprint density at radius 1 is 1.42 bits per heavy atom. The summed E-state index contributed by atoms with van der Waals surface area (Å²) in [7, 11) is 0. The Labute approximate surface area is 108 Å². The monoisotopic (exact) mass is 256 g/mol. The third-order valence-electron chi connectivity index (χ3n) is 2.26. The first-order chi connectivity index (χ1) is 9.10. The number of aromatic nitrogens is 2. The van der Waals surface area contributed by atoms with Crippen LogP contribution in [0.2, 0.25) is 0 Å². The molecule has 0 bridgehead atoms. The molecular formula is C12H8N4O3. The number of aryl methyl sites for hydroxylation is 1. The molecule has 19 heavy (non-hydrogen) atoms. The van der Waals surface area contributed by atoms with Crippen molar-refractivity contribution in [2.75, 3.05) is 0 Å². The molecule has 1 aromatic carbocycles. The topological polar surface area (TPSA) is 102 Å². The third kappa shape index (κ3) is 2.81. The minimum atomic E-state index is -0.553. The summed E-state index contributed by atoms with van der Waals surface area (Å²) in [6.07, 6.45) is 1.35. The van der Waals surface area contributed by atoms with E-state index in [-0.39, 0.29) is 23.1 Å². The van der Waals surface area contributed by atoms with Gasteiger partial charge in [0.15, 0.2) is 0 Å². The van der Waals surface area contributed by atoms with E-state index in [2.05, 4.69) is 9.97 Å². The van der Waals surface area contributed by atoms with Gasteiger partial charge in [0.05, 0.1) is 4.92 Å². The van der Waals surface area contributed by atoms with Gasteiger partial charge in [-0.25, -0.2) is 4.98 Å². The lowest BCUT2D eigenvalue weighted by Gasteiger charge is -2.05. The van der Waals surface area contributed by atoms with Crippen LogP contribution in [0.15, 0.2) is 30.5 Å². The highest BCUT2D eigenvalue weighted by Gasteiger charge is 2.16. The normalized spacial score (nSPS) is 9.68. The predicted octanol–water partition coefficient (Wildman–Crippen LogP) is 2.36. The van der Waals surface area contributed by atoms with Gasteiger partial charge >= 0.3 is 11.7 Å².